The van der Waals surface area contributed by atoms with Crippen molar-refractivity contribution < 1.29 is 20.4 Å². The molecule has 4 N–H and O–H groups in total. The number of rotatable bonds is 9. The van der Waals surface area contributed by atoms with Gasteiger partial charge >= 0.3 is 0 Å². The first-order valence-corrected chi connectivity index (χ1v) is 8.68. The number of aliphatic hydroxyl groups is 2. The van der Waals surface area contributed by atoms with Gasteiger partial charge in [0, 0.05) is 34.9 Å². The Balaban J connectivity index is 0.00000326. The van der Waals surface area contributed by atoms with Crippen LogP contribution in [0.15, 0.2) is 24.8 Å². The van der Waals surface area contributed by atoms with Crippen molar-refractivity contribution in [1.29, 1.82) is 0 Å². The van der Waals surface area contributed by atoms with Crippen molar-refractivity contribution in [2.45, 2.75) is 13.2 Å². The first-order valence-electron chi connectivity index (χ1n) is 7.54. The van der Waals surface area contributed by atoms with E-state index in [9.17, 15) is 10.3 Å². The van der Waals surface area contributed by atoms with E-state index in [1.807, 2.05) is 0 Å². The molecule has 0 spiro atoms. The predicted molar refractivity (Wildman–Crippen MR) is 109 cm³/mol. The van der Waals surface area contributed by atoms with Crippen molar-refractivity contribution in [2.75, 3.05) is 27.2 Å². The molecular formula is C16H24Cl3N4O4+. The fraction of sp³-hybridized carbons (Fsp3) is 0.375. The Morgan fingerprint density at radius 2 is 1.74 bits per heavy atom. The van der Waals surface area contributed by atoms with E-state index in [0.717, 1.165) is 0 Å². The topological polar surface area (TPSA) is 97.6 Å². The molecular weight excluding hydrogens is 419 g/mol. The summed E-state index contributed by atoms with van der Waals surface area (Å²) in [5.41, 5.74) is 2.63. The number of nitrogens with zero attached hydrogens (tertiary/aromatic N) is 3. The van der Waals surface area contributed by atoms with Crippen LogP contribution < -0.4 is 10.4 Å². The van der Waals surface area contributed by atoms with Crippen molar-refractivity contribution in [3.63, 3.8) is 0 Å². The molecule has 0 aliphatic rings. The first-order chi connectivity index (χ1) is 12.7. The van der Waals surface area contributed by atoms with E-state index < -0.39 is 11.4 Å². The summed E-state index contributed by atoms with van der Waals surface area (Å²) < 4.78 is 0. The van der Waals surface area contributed by atoms with Gasteiger partial charge in [-0.25, -0.2) is 0 Å². The van der Waals surface area contributed by atoms with Crippen molar-refractivity contribution >= 4 is 46.4 Å². The average molecular weight is 443 g/mol. The maximum absolute atomic E-state index is 10.5. The van der Waals surface area contributed by atoms with E-state index in [-0.39, 0.29) is 39.5 Å². The largest absolute Gasteiger partial charge is 0.395 e. The number of benzene rings is 1. The zero-order valence-electron chi connectivity index (χ0n) is 15.2. The third-order valence-electron chi connectivity index (χ3n) is 3.30. The van der Waals surface area contributed by atoms with Crippen LogP contribution in [0.2, 0.25) is 15.1 Å². The highest BCUT2D eigenvalue weighted by Gasteiger charge is 2.37. The molecule has 1 aromatic carbocycles. The maximum atomic E-state index is 10.5. The van der Waals surface area contributed by atoms with E-state index in [2.05, 4.69) is 36.3 Å². The SMILES string of the molecule is C=C.C=C=NNO[N+](C)(O)c1c(Cl)c(CO)c(Cl)c(CN(C)CCO)c1Cl. The number of aliphatic hydroxyl groups excluding tert-OH is 2. The second kappa shape index (κ2) is 12.3. The summed E-state index contributed by atoms with van der Waals surface area (Å²) in [5.74, 6) is 2.16. The van der Waals surface area contributed by atoms with Gasteiger partial charge in [-0.2, -0.15) is 5.21 Å². The molecule has 0 bridgehead atoms. The molecule has 11 heteroatoms. The number of hydrogen-bond donors (Lipinski definition) is 4. The first kappa shape index (κ1) is 25.8. The van der Waals surface area contributed by atoms with Gasteiger partial charge in [0.2, 0.25) is 5.69 Å². The molecule has 0 saturated heterocycles. The minimum atomic E-state index is -1.25. The van der Waals surface area contributed by atoms with Crippen LogP contribution in [-0.2, 0) is 18.1 Å². The van der Waals surface area contributed by atoms with Gasteiger partial charge in [-0.05, 0) is 18.6 Å². The molecule has 0 radical (unpaired) electrons. The third-order valence-corrected chi connectivity index (χ3v) is 4.57. The molecule has 152 valence electrons. The van der Waals surface area contributed by atoms with E-state index in [1.165, 1.54) is 7.05 Å². The Labute approximate surface area is 173 Å². The molecule has 1 rings (SSSR count). The van der Waals surface area contributed by atoms with Crippen LogP contribution in [0.4, 0.5) is 5.69 Å². The number of hydrogen-bond acceptors (Lipinski definition) is 7. The van der Waals surface area contributed by atoms with E-state index in [0.29, 0.717) is 12.1 Å². The molecule has 0 aliphatic carbocycles. The Kier molecular flexibility index (Phi) is 11.8. The molecule has 0 fully saturated rings. The Morgan fingerprint density at radius 3 is 2.22 bits per heavy atom. The lowest BCUT2D eigenvalue weighted by Gasteiger charge is -2.26. The monoisotopic (exact) mass is 441 g/mol. The fourth-order valence-electron chi connectivity index (χ4n) is 2.10. The van der Waals surface area contributed by atoms with Gasteiger partial charge in [0.1, 0.15) is 17.1 Å². The van der Waals surface area contributed by atoms with Crippen LogP contribution in [0.3, 0.4) is 0 Å². The zero-order valence-corrected chi connectivity index (χ0v) is 17.4. The van der Waals surface area contributed by atoms with Gasteiger partial charge in [-0.1, -0.05) is 34.8 Å². The standard InChI is InChI=1S/C14H20Cl3N4O4.C2H4/c1-4-18-19-25-21(3,24)14-12(16)9(7-20(2)5-6-22)11(15)10(8-23)13(14)17;1-2/h19,22-24H,1,5-8H2,2-3H3;1-2H2/q+1;. The molecule has 8 nitrogen and oxygen atoms in total. The molecule has 0 aromatic heterocycles. The lowest BCUT2D eigenvalue weighted by atomic mass is 10.1. The number of hydrazone groups is 1. The fourth-order valence-corrected chi connectivity index (χ4v) is 3.36. The van der Waals surface area contributed by atoms with Crippen molar-refractivity contribution in [3.05, 3.63) is 45.9 Å². The summed E-state index contributed by atoms with van der Waals surface area (Å²) in [7, 11) is 2.98. The Hall–Kier alpha value is -1.16. The Morgan fingerprint density at radius 1 is 1.19 bits per heavy atom. The highest BCUT2D eigenvalue weighted by molar-refractivity contribution is 6.43. The van der Waals surface area contributed by atoms with Crippen LogP contribution in [0.1, 0.15) is 11.1 Å². The minimum absolute atomic E-state index is 0.0454. The van der Waals surface area contributed by atoms with Crippen LogP contribution in [0.25, 0.3) is 0 Å². The summed E-state index contributed by atoms with van der Waals surface area (Å²) in [6, 6.07) is 0. The molecule has 0 amide bonds. The third kappa shape index (κ3) is 6.74. The number of halogens is 3. The summed E-state index contributed by atoms with van der Waals surface area (Å²) >= 11 is 19.0. The maximum Gasteiger partial charge on any atom is 0.239 e. The normalized spacial score (nSPS) is 12.6. The van der Waals surface area contributed by atoms with Gasteiger partial charge in [-0.3, -0.25) is 4.90 Å². The summed E-state index contributed by atoms with van der Waals surface area (Å²) in [4.78, 5) is 5.50. The van der Waals surface area contributed by atoms with Crippen LogP contribution in [-0.4, -0.2) is 53.4 Å². The van der Waals surface area contributed by atoms with Crippen LogP contribution in [0.5, 0.6) is 0 Å². The zero-order chi connectivity index (χ0) is 21.2. The smallest absolute Gasteiger partial charge is 0.239 e. The van der Waals surface area contributed by atoms with Crippen LogP contribution >= 0.6 is 34.8 Å². The second-order valence-electron chi connectivity index (χ2n) is 5.20. The number of quaternary nitrogens is 1. The Bertz CT molecular complexity index is 682. The quantitative estimate of drug-likeness (QED) is 0.203. The van der Waals surface area contributed by atoms with Crippen molar-refractivity contribution in [2.24, 2.45) is 5.10 Å². The molecule has 1 atom stereocenters. The molecule has 0 saturated carbocycles. The van der Waals surface area contributed by atoms with Crippen molar-refractivity contribution in [3.8, 4) is 0 Å². The molecule has 1 aromatic rings. The molecule has 27 heavy (non-hydrogen) atoms. The second-order valence-corrected chi connectivity index (χ2v) is 6.33. The van der Waals surface area contributed by atoms with E-state index >= 15 is 0 Å². The van der Waals surface area contributed by atoms with Gasteiger partial charge < -0.3 is 10.2 Å². The number of nitrogens with one attached hydrogen (secondary N) is 1. The molecule has 1 unspecified atom stereocenters. The van der Waals surface area contributed by atoms with E-state index in [1.54, 1.807) is 11.9 Å². The average Bonchev–Trinajstić information content (AvgIpc) is 2.61. The lowest BCUT2D eigenvalue weighted by Crippen LogP contribution is -2.45. The highest BCUT2D eigenvalue weighted by Crippen LogP contribution is 2.45. The van der Waals surface area contributed by atoms with Gasteiger partial charge in [0.15, 0.2) is 0 Å². The summed E-state index contributed by atoms with van der Waals surface area (Å²) in [5, 5.41) is 32.7. The summed E-state index contributed by atoms with van der Waals surface area (Å²) in [6.07, 6.45) is 0. The summed E-state index contributed by atoms with van der Waals surface area (Å²) in [6.45, 7) is 9.32. The van der Waals surface area contributed by atoms with Gasteiger partial charge in [0.05, 0.1) is 18.2 Å². The van der Waals surface area contributed by atoms with Crippen LogP contribution in [0, 0.1) is 0 Å². The highest BCUT2D eigenvalue weighted by atomic mass is 35.5. The van der Waals surface area contributed by atoms with Gasteiger partial charge in [-0.15, -0.1) is 23.8 Å². The number of hydroxylamine groups is 2. The number of likely N-dealkylation sites (N-methyl/N-ethyl adjacent to an activating group) is 1. The predicted octanol–water partition coefficient (Wildman–Crippen LogP) is 2.90. The van der Waals surface area contributed by atoms with Gasteiger partial charge in [0.25, 0.3) is 0 Å². The van der Waals surface area contributed by atoms with Crippen molar-refractivity contribution in [1.82, 2.24) is 15.3 Å². The molecule has 0 aliphatic heterocycles. The lowest BCUT2D eigenvalue weighted by molar-refractivity contribution is -0.339. The van der Waals surface area contributed by atoms with E-state index in [4.69, 9.17) is 44.8 Å². The minimum Gasteiger partial charge on any atom is -0.395 e. The molecule has 0 heterocycles.